The average Bonchev–Trinajstić information content (AvgIpc) is 2.14. The zero-order chi connectivity index (χ0) is 5.98. The minimum absolute atomic E-state index is 0. The van der Waals surface area contributed by atoms with Crippen molar-refractivity contribution in [1.29, 1.82) is 0 Å². The lowest BCUT2D eigenvalue weighted by molar-refractivity contribution is 1.04. The van der Waals surface area contributed by atoms with Gasteiger partial charge in [0.05, 0.1) is 10.7 Å². The van der Waals surface area contributed by atoms with E-state index in [-0.39, 0.29) is 12.4 Å². The molecule has 0 spiro atoms. The second-order valence-corrected chi connectivity index (χ2v) is 2.77. The summed E-state index contributed by atoms with van der Waals surface area (Å²) >= 11 is 1.72. The van der Waals surface area contributed by atoms with Gasteiger partial charge in [-0.15, -0.1) is 23.7 Å². The van der Waals surface area contributed by atoms with Gasteiger partial charge >= 0.3 is 0 Å². The van der Waals surface area contributed by atoms with Gasteiger partial charge in [-0.05, 0) is 13.3 Å². The van der Waals surface area contributed by atoms with Crippen LogP contribution in [0, 0.1) is 6.92 Å². The van der Waals surface area contributed by atoms with Gasteiger partial charge in [0, 0.05) is 5.38 Å². The van der Waals surface area contributed by atoms with Gasteiger partial charge in [0.15, 0.2) is 0 Å². The highest BCUT2D eigenvalue weighted by atomic mass is 35.5. The number of aromatic nitrogens is 1. The summed E-state index contributed by atoms with van der Waals surface area (Å²) in [4.78, 5) is 4.25. The maximum Gasteiger partial charge on any atom is 0.0897 e. The predicted octanol–water partition coefficient (Wildman–Crippen LogP) is 2.44. The fraction of sp³-hybridized carbons (Fsp3) is 0.500. The van der Waals surface area contributed by atoms with Crippen LogP contribution in [-0.4, -0.2) is 4.98 Å². The topological polar surface area (TPSA) is 12.9 Å². The van der Waals surface area contributed by atoms with Crippen LogP contribution in [0.4, 0.5) is 0 Å². The Bertz CT molecular complexity index is 173. The third kappa shape index (κ3) is 2.33. The van der Waals surface area contributed by atoms with Crippen molar-refractivity contribution in [2.45, 2.75) is 20.3 Å². The van der Waals surface area contributed by atoms with Crippen molar-refractivity contribution in [3.63, 3.8) is 0 Å². The summed E-state index contributed by atoms with van der Waals surface area (Å²) < 4.78 is 0. The lowest BCUT2D eigenvalue weighted by atomic mass is 10.4. The van der Waals surface area contributed by atoms with Gasteiger partial charge in [-0.2, -0.15) is 0 Å². The van der Waals surface area contributed by atoms with Crippen LogP contribution in [0.3, 0.4) is 0 Å². The Labute approximate surface area is 65.5 Å². The molecular weight excluding hydrogens is 154 g/mol. The zero-order valence-corrected chi connectivity index (χ0v) is 7.18. The Kier molecular flexibility index (Phi) is 3.82. The molecule has 9 heavy (non-hydrogen) atoms. The van der Waals surface area contributed by atoms with Gasteiger partial charge in [-0.3, -0.25) is 0 Å². The summed E-state index contributed by atoms with van der Waals surface area (Å²) in [5.74, 6) is 0. The second-order valence-electron chi connectivity index (χ2n) is 1.71. The van der Waals surface area contributed by atoms with Crippen molar-refractivity contribution in [2.24, 2.45) is 0 Å². The molecule has 1 nitrogen and oxygen atoms in total. The van der Waals surface area contributed by atoms with Gasteiger partial charge in [0.1, 0.15) is 0 Å². The molecule has 0 unspecified atom stereocenters. The van der Waals surface area contributed by atoms with Gasteiger partial charge in [0.25, 0.3) is 0 Å². The molecule has 0 saturated heterocycles. The number of hydrogen-bond donors (Lipinski definition) is 0. The molecule has 0 aromatic carbocycles. The largest absolute Gasteiger partial charge is 0.247 e. The molecule has 1 aromatic rings. The number of halogens is 1. The van der Waals surface area contributed by atoms with Crippen LogP contribution in [0.5, 0.6) is 0 Å². The second kappa shape index (κ2) is 3.85. The minimum atomic E-state index is 0. The van der Waals surface area contributed by atoms with E-state index in [0.29, 0.717) is 0 Å². The van der Waals surface area contributed by atoms with Crippen molar-refractivity contribution in [3.05, 3.63) is 16.1 Å². The molecule has 52 valence electrons. The summed E-state index contributed by atoms with van der Waals surface area (Å²) in [7, 11) is 0. The van der Waals surface area contributed by atoms with Crippen LogP contribution in [0.15, 0.2) is 5.38 Å². The highest BCUT2D eigenvalue weighted by Crippen LogP contribution is 2.07. The molecule has 0 aliphatic carbocycles. The first-order valence-electron chi connectivity index (χ1n) is 2.74. The molecule has 0 aliphatic rings. The molecule has 0 saturated carbocycles. The molecule has 0 amide bonds. The van der Waals surface area contributed by atoms with E-state index in [1.54, 1.807) is 11.3 Å². The van der Waals surface area contributed by atoms with Gasteiger partial charge in [0.2, 0.25) is 0 Å². The quantitative estimate of drug-likeness (QED) is 0.620. The third-order valence-corrected chi connectivity index (χ3v) is 1.85. The van der Waals surface area contributed by atoms with Crippen molar-refractivity contribution in [2.75, 3.05) is 0 Å². The standard InChI is InChI=1S/C6H9NS.ClH/c1-3-6-4-8-5(2)7-6;/h4H,3H2,1-2H3;1H. The first-order valence-corrected chi connectivity index (χ1v) is 3.62. The predicted molar refractivity (Wildman–Crippen MR) is 43.5 cm³/mol. The molecule has 1 aromatic heterocycles. The van der Waals surface area contributed by atoms with E-state index in [9.17, 15) is 0 Å². The number of thiazole rings is 1. The minimum Gasteiger partial charge on any atom is -0.247 e. The van der Waals surface area contributed by atoms with E-state index in [4.69, 9.17) is 0 Å². The highest BCUT2D eigenvalue weighted by molar-refractivity contribution is 7.09. The van der Waals surface area contributed by atoms with Gasteiger partial charge < -0.3 is 0 Å². The molecule has 3 heteroatoms. The molecule has 0 aliphatic heterocycles. The van der Waals surface area contributed by atoms with Crippen molar-refractivity contribution in [1.82, 2.24) is 4.98 Å². The fourth-order valence-electron chi connectivity index (χ4n) is 0.571. The zero-order valence-electron chi connectivity index (χ0n) is 5.55. The Morgan fingerprint density at radius 3 is 2.56 bits per heavy atom. The smallest absolute Gasteiger partial charge is 0.0897 e. The Morgan fingerprint density at radius 2 is 2.33 bits per heavy atom. The molecular formula is C6H10ClNS. The summed E-state index contributed by atoms with van der Waals surface area (Å²) in [6, 6.07) is 0. The van der Waals surface area contributed by atoms with E-state index in [2.05, 4.69) is 17.3 Å². The van der Waals surface area contributed by atoms with Crippen LogP contribution >= 0.6 is 23.7 Å². The molecule has 1 heterocycles. The summed E-state index contributed by atoms with van der Waals surface area (Å²) in [6.45, 7) is 4.15. The monoisotopic (exact) mass is 163 g/mol. The number of hydrogen-bond acceptors (Lipinski definition) is 2. The molecule has 0 bridgehead atoms. The molecule has 0 N–H and O–H groups in total. The highest BCUT2D eigenvalue weighted by Gasteiger charge is 1.91. The normalized spacial score (nSPS) is 8.67. The van der Waals surface area contributed by atoms with E-state index >= 15 is 0 Å². The summed E-state index contributed by atoms with van der Waals surface area (Å²) in [6.07, 6.45) is 1.06. The number of rotatable bonds is 1. The van der Waals surface area contributed by atoms with Gasteiger partial charge in [-0.1, -0.05) is 6.92 Å². The van der Waals surface area contributed by atoms with Crippen LogP contribution in [0.2, 0.25) is 0 Å². The van der Waals surface area contributed by atoms with Crippen LogP contribution in [0.25, 0.3) is 0 Å². The van der Waals surface area contributed by atoms with Crippen LogP contribution in [0.1, 0.15) is 17.6 Å². The Morgan fingerprint density at radius 1 is 1.67 bits per heavy atom. The van der Waals surface area contributed by atoms with E-state index < -0.39 is 0 Å². The average molecular weight is 164 g/mol. The van der Waals surface area contributed by atoms with E-state index in [0.717, 1.165) is 6.42 Å². The van der Waals surface area contributed by atoms with Gasteiger partial charge in [-0.25, -0.2) is 4.98 Å². The van der Waals surface area contributed by atoms with Crippen LogP contribution < -0.4 is 0 Å². The summed E-state index contributed by atoms with van der Waals surface area (Å²) in [5.41, 5.74) is 1.22. The molecule has 0 radical (unpaired) electrons. The first kappa shape index (κ1) is 8.92. The molecule has 0 atom stereocenters. The third-order valence-electron chi connectivity index (χ3n) is 1.03. The lowest BCUT2D eigenvalue weighted by Crippen LogP contribution is -1.76. The first-order chi connectivity index (χ1) is 3.83. The van der Waals surface area contributed by atoms with E-state index in [1.165, 1.54) is 10.7 Å². The van der Waals surface area contributed by atoms with Crippen LogP contribution in [-0.2, 0) is 6.42 Å². The SMILES string of the molecule is CCc1csc(C)n1.Cl. The number of aryl methyl sites for hydroxylation is 2. The van der Waals surface area contributed by atoms with Crippen molar-refractivity contribution in [3.8, 4) is 0 Å². The Hall–Kier alpha value is -0.0800. The van der Waals surface area contributed by atoms with E-state index in [1.807, 2.05) is 6.92 Å². The van der Waals surface area contributed by atoms with Crippen molar-refractivity contribution < 1.29 is 0 Å². The number of nitrogens with zero attached hydrogens (tertiary/aromatic N) is 1. The fourth-order valence-corrected chi connectivity index (χ4v) is 1.27. The molecule has 0 fully saturated rings. The summed E-state index contributed by atoms with van der Waals surface area (Å²) in [5, 5.41) is 3.27. The molecule has 1 rings (SSSR count). The maximum atomic E-state index is 4.25. The Balaban J connectivity index is 0.000000640. The van der Waals surface area contributed by atoms with Crippen molar-refractivity contribution >= 4 is 23.7 Å². The lowest BCUT2D eigenvalue weighted by Gasteiger charge is -1.79. The maximum absolute atomic E-state index is 4.25.